The van der Waals surface area contributed by atoms with Crippen molar-refractivity contribution in [3.05, 3.63) is 59.7 Å². The quantitative estimate of drug-likeness (QED) is 0.935. The Bertz CT molecular complexity index is 884. The Balaban J connectivity index is 1.54. The molecule has 4 rings (SSSR count). The number of hydrogen-bond donors (Lipinski definition) is 1. The van der Waals surface area contributed by atoms with E-state index in [-0.39, 0.29) is 5.91 Å². The predicted octanol–water partition coefficient (Wildman–Crippen LogP) is 3.61. The van der Waals surface area contributed by atoms with Gasteiger partial charge in [0, 0.05) is 6.42 Å². The normalized spacial score (nSPS) is 18.0. The summed E-state index contributed by atoms with van der Waals surface area (Å²) < 4.78 is 0. The van der Waals surface area contributed by atoms with Crippen LogP contribution in [0.1, 0.15) is 36.8 Å². The van der Waals surface area contributed by atoms with Crippen LogP contribution < -0.4 is 5.32 Å². The summed E-state index contributed by atoms with van der Waals surface area (Å²) in [6.45, 7) is 0. The zero-order valence-corrected chi connectivity index (χ0v) is 14.0. The van der Waals surface area contributed by atoms with Gasteiger partial charge in [-0.1, -0.05) is 55.3 Å². The van der Waals surface area contributed by atoms with Crippen LogP contribution >= 0.6 is 0 Å². The van der Waals surface area contributed by atoms with Crippen molar-refractivity contribution in [3.8, 4) is 17.2 Å². The molecule has 1 N–H and O–H groups in total. The Kier molecular flexibility index (Phi) is 3.85. The van der Waals surface area contributed by atoms with Crippen LogP contribution in [0.25, 0.3) is 11.1 Å². The van der Waals surface area contributed by atoms with Gasteiger partial charge in [-0.05, 0) is 35.6 Å². The van der Waals surface area contributed by atoms with Gasteiger partial charge < -0.3 is 5.32 Å². The number of amidine groups is 1. The average molecular weight is 329 g/mol. The number of amides is 1. The Morgan fingerprint density at radius 1 is 1.08 bits per heavy atom. The molecule has 0 radical (unpaired) electrons. The monoisotopic (exact) mass is 329 g/mol. The first kappa shape index (κ1) is 15.6. The van der Waals surface area contributed by atoms with Gasteiger partial charge in [0.25, 0.3) is 5.91 Å². The van der Waals surface area contributed by atoms with Crippen LogP contribution in [0.2, 0.25) is 0 Å². The van der Waals surface area contributed by atoms with E-state index >= 15 is 0 Å². The molecule has 0 atom stereocenters. The molecule has 2 aliphatic rings. The van der Waals surface area contributed by atoms with Crippen LogP contribution in [-0.4, -0.2) is 17.3 Å². The van der Waals surface area contributed by atoms with E-state index in [1.165, 1.54) is 0 Å². The lowest BCUT2D eigenvalue weighted by Gasteiger charge is -2.14. The summed E-state index contributed by atoms with van der Waals surface area (Å²) in [5.74, 6) is 0.844. The summed E-state index contributed by atoms with van der Waals surface area (Å²) in [6.07, 6.45) is 4.53. The first-order chi connectivity index (χ1) is 12.2. The minimum absolute atomic E-state index is 0.0690. The Morgan fingerprint density at radius 2 is 1.80 bits per heavy atom. The molecule has 25 heavy (non-hydrogen) atoms. The second-order valence-electron chi connectivity index (χ2n) is 6.78. The maximum atomic E-state index is 12.3. The Labute approximate surface area is 147 Å². The lowest BCUT2D eigenvalue weighted by molar-refractivity contribution is -0.123. The molecule has 0 bridgehead atoms. The van der Waals surface area contributed by atoms with E-state index in [1.807, 2.05) is 48.5 Å². The third kappa shape index (κ3) is 2.83. The van der Waals surface area contributed by atoms with Crippen LogP contribution in [-0.2, 0) is 11.2 Å². The van der Waals surface area contributed by atoms with E-state index in [4.69, 9.17) is 4.99 Å². The number of carbonyl (C=O) groups is 1. The first-order valence-corrected chi connectivity index (χ1v) is 8.69. The fourth-order valence-corrected chi connectivity index (χ4v) is 3.79. The fraction of sp³-hybridized carbons (Fsp3) is 0.286. The molecule has 2 aromatic rings. The summed E-state index contributed by atoms with van der Waals surface area (Å²) >= 11 is 0. The van der Waals surface area contributed by atoms with Gasteiger partial charge in [-0.25, -0.2) is 0 Å². The van der Waals surface area contributed by atoms with E-state index in [0.29, 0.717) is 12.0 Å². The van der Waals surface area contributed by atoms with Crippen LogP contribution in [0.3, 0.4) is 0 Å². The number of nitriles is 1. The van der Waals surface area contributed by atoms with E-state index in [9.17, 15) is 10.1 Å². The number of nitrogens with zero attached hydrogens (tertiary/aromatic N) is 2. The van der Waals surface area contributed by atoms with Crippen molar-refractivity contribution < 1.29 is 4.79 Å². The number of nitrogens with one attached hydrogen (secondary N) is 1. The van der Waals surface area contributed by atoms with Crippen LogP contribution in [0, 0.1) is 11.3 Å². The molecule has 1 aliphatic carbocycles. The van der Waals surface area contributed by atoms with Crippen molar-refractivity contribution in [1.29, 1.82) is 5.26 Å². The highest BCUT2D eigenvalue weighted by Crippen LogP contribution is 2.36. The number of rotatable bonds is 3. The van der Waals surface area contributed by atoms with Crippen molar-refractivity contribution in [2.24, 2.45) is 4.99 Å². The van der Waals surface area contributed by atoms with Crippen molar-refractivity contribution >= 4 is 11.7 Å². The van der Waals surface area contributed by atoms with Crippen LogP contribution in [0.5, 0.6) is 0 Å². The van der Waals surface area contributed by atoms with Crippen LogP contribution in [0.15, 0.2) is 53.5 Å². The molecule has 0 unspecified atom stereocenters. The molecule has 124 valence electrons. The lowest BCUT2D eigenvalue weighted by Crippen LogP contribution is -2.37. The summed E-state index contributed by atoms with van der Waals surface area (Å²) in [5.41, 5.74) is 3.25. The summed E-state index contributed by atoms with van der Waals surface area (Å²) in [4.78, 5) is 17.0. The van der Waals surface area contributed by atoms with Gasteiger partial charge in [0.2, 0.25) is 0 Å². The topological polar surface area (TPSA) is 65.2 Å². The van der Waals surface area contributed by atoms with Gasteiger partial charge in [0.05, 0.1) is 11.6 Å². The highest BCUT2D eigenvalue weighted by atomic mass is 16.2. The molecule has 1 saturated carbocycles. The van der Waals surface area contributed by atoms with Crippen molar-refractivity contribution in [1.82, 2.24) is 5.32 Å². The predicted molar refractivity (Wildman–Crippen MR) is 97.1 cm³/mol. The standard InChI is InChI=1S/C21H19N3O/c22-14-17-5-1-2-6-18(17)16-9-7-15(8-10-16)13-19-23-20(25)21(24-19)11-3-4-12-21/h1-2,5-10H,3-4,11-13H2,(H,23,24,25). The SMILES string of the molecule is N#Cc1ccccc1-c1ccc(CC2=NC3(CCCC3)C(=O)N2)cc1. The molecule has 2 aromatic carbocycles. The number of hydrogen-bond acceptors (Lipinski definition) is 3. The van der Waals surface area contributed by atoms with Gasteiger partial charge in [-0.15, -0.1) is 0 Å². The Morgan fingerprint density at radius 3 is 2.52 bits per heavy atom. The second kappa shape index (κ2) is 6.18. The minimum Gasteiger partial charge on any atom is -0.312 e. The number of benzene rings is 2. The third-order valence-corrected chi connectivity index (χ3v) is 5.14. The summed E-state index contributed by atoms with van der Waals surface area (Å²) in [5, 5.41) is 12.2. The smallest absolute Gasteiger partial charge is 0.253 e. The first-order valence-electron chi connectivity index (χ1n) is 8.69. The molecule has 4 nitrogen and oxygen atoms in total. The van der Waals surface area contributed by atoms with E-state index in [0.717, 1.165) is 48.2 Å². The summed E-state index contributed by atoms with van der Waals surface area (Å²) in [6, 6.07) is 17.9. The zero-order chi connectivity index (χ0) is 17.3. The molecule has 1 fully saturated rings. The van der Waals surface area contributed by atoms with Gasteiger partial charge in [0.1, 0.15) is 11.4 Å². The molecular formula is C21H19N3O. The molecule has 1 heterocycles. The lowest BCUT2D eigenvalue weighted by atomic mass is 9.98. The molecular weight excluding hydrogens is 310 g/mol. The van der Waals surface area contributed by atoms with E-state index in [1.54, 1.807) is 0 Å². The molecule has 1 spiro atoms. The molecule has 0 saturated heterocycles. The third-order valence-electron chi connectivity index (χ3n) is 5.14. The highest BCUT2D eigenvalue weighted by Gasteiger charge is 2.45. The van der Waals surface area contributed by atoms with E-state index < -0.39 is 5.54 Å². The van der Waals surface area contributed by atoms with Crippen molar-refractivity contribution in [2.75, 3.05) is 0 Å². The number of carbonyl (C=O) groups excluding carboxylic acids is 1. The maximum absolute atomic E-state index is 12.3. The Hall–Kier alpha value is -2.93. The van der Waals surface area contributed by atoms with Gasteiger partial charge in [0.15, 0.2) is 0 Å². The molecule has 4 heteroatoms. The fourth-order valence-electron chi connectivity index (χ4n) is 3.79. The number of aliphatic imine (C=N–C) groups is 1. The van der Waals surface area contributed by atoms with Gasteiger partial charge >= 0.3 is 0 Å². The van der Waals surface area contributed by atoms with E-state index in [2.05, 4.69) is 11.4 Å². The summed E-state index contributed by atoms with van der Waals surface area (Å²) in [7, 11) is 0. The van der Waals surface area contributed by atoms with Crippen molar-refractivity contribution in [2.45, 2.75) is 37.6 Å². The van der Waals surface area contributed by atoms with Gasteiger partial charge in [-0.3, -0.25) is 9.79 Å². The van der Waals surface area contributed by atoms with Crippen LogP contribution in [0.4, 0.5) is 0 Å². The van der Waals surface area contributed by atoms with Gasteiger partial charge in [-0.2, -0.15) is 5.26 Å². The molecule has 0 aromatic heterocycles. The molecule has 1 aliphatic heterocycles. The zero-order valence-electron chi connectivity index (χ0n) is 14.0. The maximum Gasteiger partial charge on any atom is 0.253 e. The van der Waals surface area contributed by atoms with Crippen molar-refractivity contribution in [3.63, 3.8) is 0 Å². The highest BCUT2D eigenvalue weighted by molar-refractivity contribution is 6.09. The average Bonchev–Trinajstić information content (AvgIpc) is 3.23. The largest absolute Gasteiger partial charge is 0.312 e. The molecule has 1 amide bonds. The second-order valence-corrected chi connectivity index (χ2v) is 6.78. The minimum atomic E-state index is -0.485.